The normalized spacial score (nSPS) is 22.3. The molecule has 2 amide bonds. The van der Waals surface area contributed by atoms with Gasteiger partial charge in [-0.3, -0.25) is 9.59 Å². The van der Waals surface area contributed by atoms with Crippen LogP contribution in [-0.2, 0) is 16.2 Å². The van der Waals surface area contributed by atoms with E-state index < -0.39 is 0 Å². The Morgan fingerprint density at radius 1 is 1.12 bits per heavy atom. The van der Waals surface area contributed by atoms with Crippen LogP contribution in [0.25, 0.3) is 0 Å². The first kappa shape index (κ1) is 22.8. The molecule has 1 saturated carbocycles. The van der Waals surface area contributed by atoms with Crippen molar-refractivity contribution in [1.29, 1.82) is 0 Å². The summed E-state index contributed by atoms with van der Waals surface area (Å²) in [5, 5.41) is 10.1. The summed E-state index contributed by atoms with van der Waals surface area (Å²) < 4.78 is 13.1. The number of aryl methyl sites for hydroxylation is 1. The lowest BCUT2D eigenvalue weighted by Gasteiger charge is -2.31. The molecule has 1 atom stereocenters. The first-order valence-electron chi connectivity index (χ1n) is 11.3. The number of aromatic nitrogens is 2. The number of hydrogen-bond donors (Lipinski definition) is 2. The molecule has 2 aliphatic rings. The van der Waals surface area contributed by atoms with Gasteiger partial charge in [0.05, 0.1) is 5.69 Å². The Morgan fingerprint density at radius 3 is 2.55 bits per heavy atom. The fourth-order valence-corrected chi connectivity index (χ4v) is 4.43. The summed E-state index contributed by atoms with van der Waals surface area (Å²) in [5.41, 5.74) is 2.34. The first-order valence-corrected chi connectivity index (χ1v) is 11.3. The first-order chi connectivity index (χ1) is 15.9. The Hall–Kier alpha value is -3.36. The summed E-state index contributed by atoms with van der Waals surface area (Å²) in [6.07, 6.45) is 4.41. The van der Waals surface area contributed by atoms with E-state index in [-0.39, 0.29) is 42.0 Å². The summed E-state index contributed by atoms with van der Waals surface area (Å²) in [5.74, 6) is 0.204. The van der Waals surface area contributed by atoms with Crippen molar-refractivity contribution in [3.8, 4) is 0 Å². The number of benzene rings is 1. The number of nitrogens with zero attached hydrogens (tertiary/aromatic N) is 3. The van der Waals surface area contributed by atoms with Gasteiger partial charge in [0.15, 0.2) is 0 Å². The third-order valence-corrected chi connectivity index (χ3v) is 6.13. The highest BCUT2D eigenvalue weighted by molar-refractivity contribution is 6.01. The van der Waals surface area contributed by atoms with Gasteiger partial charge in [-0.1, -0.05) is 17.3 Å². The van der Waals surface area contributed by atoms with E-state index in [1.807, 2.05) is 0 Å². The molecule has 1 unspecified atom stereocenters. The van der Waals surface area contributed by atoms with Crippen LogP contribution in [0.1, 0.15) is 66.6 Å². The van der Waals surface area contributed by atoms with Gasteiger partial charge < -0.3 is 15.5 Å². The van der Waals surface area contributed by atoms with Gasteiger partial charge in [0, 0.05) is 25.9 Å². The zero-order valence-corrected chi connectivity index (χ0v) is 18.8. The van der Waals surface area contributed by atoms with Crippen molar-refractivity contribution in [3.63, 3.8) is 0 Å². The van der Waals surface area contributed by atoms with Crippen molar-refractivity contribution in [2.45, 2.75) is 64.6 Å². The number of nitrogens with one attached hydrogen (secondary N) is 2. The van der Waals surface area contributed by atoms with E-state index in [9.17, 15) is 14.0 Å². The average molecular weight is 454 g/mol. The van der Waals surface area contributed by atoms with Gasteiger partial charge in [0.2, 0.25) is 5.91 Å². The highest BCUT2D eigenvalue weighted by Gasteiger charge is 2.34. The Bertz CT molecular complexity index is 1050. The molecule has 1 aromatic heterocycles. The molecule has 0 saturated heterocycles. The minimum absolute atomic E-state index is 0.0119. The number of oxime groups is 1. The number of rotatable bonds is 6. The predicted octanol–water partition coefficient (Wildman–Crippen LogP) is 3.04. The third-order valence-electron chi connectivity index (χ3n) is 6.13. The fraction of sp³-hybridized carbons (Fsp3) is 0.458. The van der Waals surface area contributed by atoms with Crippen LogP contribution in [0.3, 0.4) is 0 Å². The van der Waals surface area contributed by atoms with E-state index in [1.54, 1.807) is 32.0 Å². The second kappa shape index (κ2) is 10.1. The van der Waals surface area contributed by atoms with Crippen LogP contribution in [0.15, 0.2) is 35.5 Å². The zero-order chi connectivity index (χ0) is 23.4. The highest BCUT2D eigenvalue weighted by Crippen LogP contribution is 2.33. The molecular weight excluding hydrogens is 425 g/mol. The Morgan fingerprint density at radius 2 is 1.85 bits per heavy atom. The van der Waals surface area contributed by atoms with Crippen LogP contribution < -0.4 is 10.6 Å². The molecule has 2 N–H and O–H groups in total. The fourth-order valence-electron chi connectivity index (χ4n) is 4.43. The minimum atomic E-state index is -0.335. The molecule has 0 spiro atoms. The maximum Gasteiger partial charge on any atom is 0.270 e. The molecule has 33 heavy (non-hydrogen) atoms. The van der Waals surface area contributed by atoms with Crippen LogP contribution in [-0.4, -0.2) is 39.6 Å². The SMILES string of the molecule is CC(=O)N[C@H]1CC[C@H](C2CC(c3cc(C(=O)NCc4ccc(F)cc4)nc(C)n3)=NO2)CC1. The standard InChI is InChI=1S/C24H28FN5O3/c1-14-27-20(11-22(28-14)24(32)26-13-16-3-7-18(25)8-4-16)21-12-23(33-30-21)17-5-9-19(10-6-17)29-15(2)31/h3-4,7-8,11,17,19,23H,5-6,9-10,12-13H2,1-2H3,(H,26,32)(H,29,31)/t17-,19-,23?. The predicted molar refractivity (Wildman–Crippen MR) is 120 cm³/mol. The summed E-state index contributed by atoms with van der Waals surface area (Å²) in [6, 6.07) is 7.83. The Labute approximate surface area is 192 Å². The average Bonchev–Trinajstić information content (AvgIpc) is 3.28. The van der Waals surface area contributed by atoms with E-state index in [0.29, 0.717) is 29.6 Å². The Balaban J connectivity index is 1.35. The summed E-state index contributed by atoms with van der Waals surface area (Å²) in [4.78, 5) is 38.4. The monoisotopic (exact) mass is 453 g/mol. The molecule has 4 rings (SSSR count). The number of carbonyl (C=O) groups is 2. The molecule has 9 heteroatoms. The van der Waals surface area contributed by atoms with Crippen molar-refractivity contribution in [1.82, 2.24) is 20.6 Å². The van der Waals surface area contributed by atoms with Crippen molar-refractivity contribution in [2.75, 3.05) is 0 Å². The van der Waals surface area contributed by atoms with Crippen molar-refractivity contribution >= 4 is 17.5 Å². The van der Waals surface area contributed by atoms with Crippen molar-refractivity contribution in [3.05, 3.63) is 58.9 Å². The van der Waals surface area contributed by atoms with Gasteiger partial charge in [-0.25, -0.2) is 14.4 Å². The van der Waals surface area contributed by atoms with Gasteiger partial charge in [-0.05, 0) is 62.3 Å². The highest BCUT2D eigenvalue weighted by atomic mass is 19.1. The lowest BCUT2D eigenvalue weighted by molar-refractivity contribution is -0.120. The molecule has 1 aromatic carbocycles. The van der Waals surface area contributed by atoms with Crippen LogP contribution in [0, 0.1) is 18.7 Å². The van der Waals surface area contributed by atoms with Crippen LogP contribution in [0.5, 0.6) is 0 Å². The minimum Gasteiger partial charge on any atom is -0.391 e. The molecule has 1 fully saturated rings. The topological polar surface area (TPSA) is 106 Å². The lowest BCUT2D eigenvalue weighted by Crippen LogP contribution is -2.38. The van der Waals surface area contributed by atoms with Gasteiger partial charge in [0.25, 0.3) is 5.91 Å². The Kier molecular flexibility index (Phi) is 6.96. The summed E-state index contributed by atoms with van der Waals surface area (Å²) in [6.45, 7) is 3.55. The molecule has 1 aliphatic heterocycles. The third kappa shape index (κ3) is 5.91. The number of halogens is 1. The zero-order valence-electron chi connectivity index (χ0n) is 18.8. The van der Waals surface area contributed by atoms with Gasteiger partial charge >= 0.3 is 0 Å². The van der Waals surface area contributed by atoms with E-state index in [4.69, 9.17) is 4.84 Å². The van der Waals surface area contributed by atoms with Crippen LogP contribution in [0.2, 0.25) is 0 Å². The maximum absolute atomic E-state index is 13.1. The van der Waals surface area contributed by atoms with E-state index >= 15 is 0 Å². The quantitative estimate of drug-likeness (QED) is 0.699. The molecular formula is C24H28FN5O3. The van der Waals surface area contributed by atoms with E-state index in [1.165, 1.54) is 12.1 Å². The van der Waals surface area contributed by atoms with Crippen molar-refractivity contribution in [2.24, 2.45) is 11.1 Å². The molecule has 2 aromatic rings. The second-order valence-corrected chi connectivity index (χ2v) is 8.69. The number of carbonyl (C=O) groups excluding carboxylic acids is 2. The second-order valence-electron chi connectivity index (χ2n) is 8.69. The largest absolute Gasteiger partial charge is 0.391 e. The molecule has 0 radical (unpaired) electrons. The molecule has 174 valence electrons. The molecule has 2 heterocycles. The van der Waals surface area contributed by atoms with Gasteiger partial charge in [0.1, 0.15) is 29.2 Å². The number of amides is 2. The smallest absolute Gasteiger partial charge is 0.270 e. The van der Waals surface area contributed by atoms with Crippen molar-refractivity contribution < 1.29 is 18.8 Å². The molecule has 1 aliphatic carbocycles. The lowest BCUT2D eigenvalue weighted by atomic mass is 9.81. The van der Waals surface area contributed by atoms with Gasteiger partial charge in [-0.15, -0.1) is 0 Å². The molecule has 0 bridgehead atoms. The summed E-state index contributed by atoms with van der Waals surface area (Å²) in [7, 11) is 0. The van der Waals surface area contributed by atoms with Crippen LogP contribution in [0.4, 0.5) is 4.39 Å². The van der Waals surface area contributed by atoms with Crippen LogP contribution >= 0.6 is 0 Å². The number of hydrogen-bond acceptors (Lipinski definition) is 6. The van der Waals surface area contributed by atoms with E-state index in [2.05, 4.69) is 25.8 Å². The van der Waals surface area contributed by atoms with E-state index in [0.717, 1.165) is 31.2 Å². The maximum atomic E-state index is 13.1. The summed E-state index contributed by atoms with van der Waals surface area (Å²) >= 11 is 0. The molecule has 8 nitrogen and oxygen atoms in total. The van der Waals surface area contributed by atoms with Gasteiger partial charge in [-0.2, -0.15) is 0 Å².